The van der Waals surface area contributed by atoms with E-state index in [4.69, 9.17) is 4.52 Å². The number of ketones is 1. The largest absolute Gasteiger partial charge is 0.356 e. The summed E-state index contributed by atoms with van der Waals surface area (Å²) in [5.41, 5.74) is 2.81. The first-order valence-electron chi connectivity index (χ1n) is 8.50. The van der Waals surface area contributed by atoms with Gasteiger partial charge in [-0.25, -0.2) is 8.42 Å². The van der Waals surface area contributed by atoms with Crippen LogP contribution in [0, 0.1) is 6.92 Å². The molecule has 0 aliphatic carbocycles. The van der Waals surface area contributed by atoms with Crippen molar-refractivity contribution in [1.82, 2.24) is 5.16 Å². The lowest BCUT2D eigenvalue weighted by atomic mass is 10.1. The van der Waals surface area contributed by atoms with Crippen LogP contribution in [0.5, 0.6) is 0 Å². The molecule has 0 radical (unpaired) electrons. The van der Waals surface area contributed by atoms with E-state index in [-0.39, 0.29) is 10.7 Å². The zero-order valence-corrected chi connectivity index (χ0v) is 16.1. The molecule has 0 aliphatic heterocycles. The third-order valence-corrected chi connectivity index (χ3v) is 5.63. The predicted octanol–water partition coefficient (Wildman–Crippen LogP) is 4.22. The Labute approximate surface area is 158 Å². The third kappa shape index (κ3) is 4.09. The van der Waals surface area contributed by atoms with Crippen molar-refractivity contribution in [3.8, 4) is 11.3 Å². The summed E-state index contributed by atoms with van der Waals surface area (Å²) in [6.07, 6.45) is 0.555. The number of carbonyl (C=O) groups is 1. The molecule has 0 amide bonds. The van der Waals surface area contributed by atoms with E-state index in [2.05, 4.69) is 9.88 Å². The van der Waals surface area contributed by atoms with Gasteiger partial charge in [0.15, 0.2) is 11.5 Å². The fourth-order valence-electron chi connectivity index (χ4n) is 2.76. The van der Waals surface area contributed by atoms with Crippen LogP contribution >= 0.6 is 0 Å². The number of hydrogen-bond donors (Lipinski definition) is 1. The number of anilines is 1. The molecule has 140 valence electrons. The molecule has 0 aliphatic rings. The van der Waals surface area contributed by atoms with Crippen molar-refractivity contribution in [2.45, 2.75) is 32.1 Å². The quantitative estimate of drug-likeness (QED) is 0.643. The maximum Gasteiger partial charge on any atom is 0.262 e. The van der Waals surface area contributed by atoms with Crippen molar-refractivity contribution in [1.29, 1.82) is 0 Å². The van der Waals surface area contributed by atoms with Crippen LogP contribution in [-0.4, -0.2) is 19.4 Å². The van der Waals surface area contributed by atoms with Gasteiger partial charge in [0, 0.05) is 22.9 Å². The van der Waals surface area contributed by atoms with Crippen LogP contribution < -0.4 is 4.72 Å². The summed E-state index contributed by atoms with van der Waals surface area (Å²) in [6, 6.07) is 13.3. The molecule has 1 heterocycles. The predicted molar refractivity (Wildman–Crippen MR) is 103 cm³/mol. The monoisotopic (exact) mass is 384 g/mol. The summed E-state index contributed by atoms with van der Waals surface area (Å²) < 4.78 is 33.8. The highest BCUT2D eigenvalue weighted by atomic mass is 32.2. The van der Waals surface area contributed by atoms with Gasteiger partial charge in [-0.3, -0.25) is 9.52 Å². The van der Waals surface area contributed by atoms with Crippen LogP contribution in [0.1, 0.15) is 35.5 Å². The first-order chi connectivity index (χ1) is 12.8. The zero-order chi connectivity index (χ0) is 19.6. The molecule has 1 N–H and O–H groups in total. The molecule has 1 aromatic heterocycles. The van der Waals surface area contributed by atoms with Crippen LogP contribution in [0.2, 0.25) is 0 Å². The summed E-state index contributed by atoms with van der Waals surface area (Å²) in [6.45, 7) is 5.13. The average Bonchev–Trinajstić information content (AvgIpc) is 3.07. The van der Waals surface area contributed by atoms with Gasteiger partial charge in [-0.2, -0.15) is 0 Å². The van der Waals surface area contributed by atoms with Gasteiger partial charge in [-0.15, -0.1) is 0 Å². The van der Waals surface area contributed by atoms with Crippen LogP contribution in [0.15, 0.2) is 57.9 Å². The number of benzene rings is 2. The summed E-state index contributed by atoms with van der Waals surface area (Å²) in [5.74, 6) is 0.373. The number of nitrogens with one attached hydrogen (secondary N) is 1. The minimum absolute atomic E-state index is 0.131. The van der Waals surface area contributed by atoms with Crippen LogP contribution in [0.25, 0.3) is 11.3 Å². The summed E-state index contributed by atoms with van der Waals surface area (Å²) >= 11 is 0. The Bertz CT molecular complexity index is 1100. The Kier molecular flexibility index (Phi) is 5.14. The lowest BCUT2D eigenvalue weighted by molar-refractivity contribution is 0.101. The van der Waals surface area contributed by atoms with Crippen LogP contribution in [0.4, 0.5) is 5.69 Å². The Morgan fingerprint density at radius 2 is 1.93 bits per heavy atom. The zero-order valence-electron chi connectivity index (χ0n) is 15.3. The first-order valence-corrected chi connectivity index (χ1v) is 9.99. The van der Waals surface area contributed by atoms with Crippen molar-refractivity contribution in [3.63, 3.8) is 0 Å². The average molecular weight is 384 g/mol. The highest BCUT2D eigenvalue weighted by Crippen LogP contribution is 2.28. The molecule has 2 aromatic carbocycles. The molecule has 0 saturated heterocycles. The minimum Gasteiger partial charge on any atom is -0.356 e. The van der Waals surface area contributed by atoms with Gasteiger partial charge in [0.05, 0.1) is 10.6 Å². The van der Waals surface area contributed by atoms with E-state index in [9.17, 15) is 13.2 Å². The number of aryl methyl sites for hydroxylation is 2. The standard InChI is InChI=1S/C20H20N2O4S/c1-4-15-8-9-17(19-10-13(2)21-26-19)12-20(15)27(24,25)22-18-7-5-6-16(11-18)14(3)23/h5-12,22H,4H2,1-3H3. The topological polar surface area (TPSA) is 89.3 Å². The SMILES string of the molecule is CCc1ccc(-c2cc(C)no2)cc1S(=O)(=O)Nc1cccc(C(C)=O)c1. The second kappa shape index (κ2) is 7.36. The molecular weight excluding hydrogens is 364 g/mol. The summed E-state index contributed by atoms with van der Waals surface area (Å²) in [7, 11) is -3.85. The van der Waals surface area contributed by atoms with Gasteiger partial charge >= 0.3 is 0 Å². The number of rotatable bonds is 6. The molecule has 0 fully saturated rings. The maximum absolute atomic E-state index is 13.0. The Morgan fingerprint density at radius 1 is 1.15 bits per heavy atom. The van der Waals surface area contributed by atoms with Crippen molar-refractivity contribution in [3.05, 3.63) is 65.4 Å². The molecule has 0 atom stereocenters. The number of hydrogen-bond acceptors (Lipinski definition) is 5. The molecule has 6 nitrogen and oxygen atoms in total. The molecule has 3 aromatic rings. The van der Waals surface area contributed by atoms with E-state index in [1.54, 1.807) is 43.3 Å². The lowest BCUT2D eigenvalue weighted by Crippen LogP contribution is -2.15. The van der Waals surface area contributed by atoms with Gasteiger partial charge in [-0.05, 0) is 44.0 Å². The van der Waals surface area contributed by atoms with E-state index >= 15 is 0 Å². The van der Waals surface area contributed by atoms with Crippen LogP contribution in [-0.2, 0) is 16.4 Å². The molecule has 0 unspecified atom stereocenters. The summed E-state index contributed by atoms with van der Waals surface area (Å²) in [4.78, 5) is 11.7. The van der Waals surface area contributed by atoms with Gasteiger partial charge in [0.25, 0.3) is 10.0 Å². The number of nitrogens with zero attached hydrogens (tertiary/aromatic N) is 1. The Hall–Kier alpha value is -2.93. The van der Waals surface area contributed by atoms with Gasteiger partial charge in [0.1, 0.15) is 0 Å². The van der Waals surface area contributed by atoms with E-state index in [0.29, 0.717) is 40.3 Å². The highest BCUT2D eigenvalue weighted by Gasteiger charge is 2.20. The van der Waals surface area contributed by atoms with Crippen molar-refractivity contribution in [2.75, 3.05) is 4.72 Å². The molecule has 0 saturated carbocycles. The molecular formula is C20H20N2O4S. The lowest BCUT2D eigenvalue weighted by Gasteiger charge is -2.13. The Balaban J connectivity index is 2.02. The van der Waals surface area contributed by atoms with Gasteiger partial charge in [0.2, 0.25) is 0 Å². The Morgan fingerprint density at radius 3 is 2.56 bits per heavy atom. The van der Waals surface area contributed by atoms with E-state index in [1.165, 1.54) is 13.0 Å². The van der Waals surface area contributed by atoms with E-state index in [0.717, 1.165) is 0 Å². The molecule has 3 rings (SSSR count). The molecule has 0 bridgehead atoms. The first kappa shape index (κ1) is 18.8. The van der Waals surface area contributed by atoms with Gasteiger partial charge in [-0.1, -0.05) is 36.3 Å². The second-order valence-electron chi connectivity index (χ2n) is 6.25. The second-order valence-corrected chi connectivity index (χ2v) is 7.90. The van der Waals surface area contributed by atoms with E-state index in [1.807, 2.05) is 13.0 Å². The summed E-state index contributed by atoms with van der Waals surface area (Å²) in [5, 5.41) is 3.85. The molecule has 0 spiro atoms. The fraction of sp³-hybridized carbons (Fsp3) is 0.200. The normalized spacial score (nSPS) is 11.4. The van der Waals surface area contributed by atoms with Crippen molar-refractivity contribution in [2.24, 2.45) is 0 Å². The van der Waals surface area contributed by atoms with Crippen LogP contribution in [0.3, 0.4) is 0 Å². The molecule has 7 heteroatoms. The minimum atomic E-state index is -3.85. The smallest absolute Gasteiger partial charge is 0.262 e. The third-order valence-electron chi connectivity index (χ3n) is 4.17. The maximum atomic E-state index is 13.0. The van der Waals surface area contributed by atoms with E-state index < -0.39 is 10.0 Å². The number of carbonyl (C=O) groups excluding carboxylic acids is 1. The van der Waals surface area contributed by atoms with Gasteiger partial charge < -0.3 is 4.52 Å². The number of Topliss-reactive ketones (excluding diaryl/α,β-unsaturated/α-hetero) is 1. The number of sulfonamides is 1. The fourth-order valence-corrected chi connectivity index (χ4v) is 4.15. The van der Waals surface area contributed by atoms with Crippen molar-refractivity contribution >= 4 is 21.5 Å². The number of aromatic nitrogens is 1. The highest BCUT2D eigenvalue weighted by molar-refractivity contribution is 7.92. The molecule has 27 heavy (non-hydrogen) atoms. The van der Waals surface area contributed by atoms with Crippen molar-refractivity contribution < 1.29 is 17.7 Å².